The third kappa shape index (κ3) is 3.88. The van der Waals surface area contributed by atoms with Crippen molar-refractivity contribution in [2.45, 2.75) is 25.9 Å². The van der Waals surface area contributed by atoms with Gasteiger partial charge in [0.25, 0.3) is 0 Å². The number of alkyl halides is 3. The molecule has 0 saturated heterocycles. The van der Waals surface area contributed by atoms with Crippen LogP contribution in [-0.4, -0.2) is 12.1 Å². The van der Waals surface area contributed by atoms with Crippen LogP contribution in [0, 0.1) is 28.1 Å². The van der Waals surface area contributed by atoms with Crippen LogP contribution in [0.5, 0.6) is 11.5 Å². The first kappa shape index (κ1) is 22.7. The summed E-state index contributed by atoms with van der Waals surface area (Å²) in [4.78, 5) is 12.2. The highest BCUT2D eigenvalue weighted by molar-refractivity contribution is 6.30. The van der Waals surface area contributed by atoms with E-state index in [9.17, 15) is 28.3 Å². The number of benzene rings is 2. The fourth-order valence-electron chi connectivity index (χ4n) is 4.30. The van der Waals surface area contributed by atoms with Crippen molar-refractivity contribution >= 4 is 17.6 Å². The molecule has 0 heterocycles. The van der Waals surface area contributed by atoms with Crippen molar-refractivity contribution in [2.24, 2.45) is 16.7 Å². The third-order valence-electron chi connectivity index (χ3n) is 5.93. The SMILES string of the molecule is CC1(C)[C@@H](C=C(Cl)C(F)(F)F)[C@@]1(C(=O)[O-])[C@H](C#N)c1cccc(Oc2ccccc2)c1. The number of nitrogens with zero attached hydrogens (tertiary/aromatic N) is 1. The molecule has 0 unspecified atom stereocenters. The predicted molar refractivity (Wildman–Crippen MR) is 106 cm³/mol. The van der Waals surface area contributed by atoms with Gasteiger partial charge in [0.15, 0.2) is 0 Å². The molecule has 0 bridgehead atoms. The second-order valence-electron chi connectivity index (χ2n) is 7.92. The monoisotopic (exact) mass is 448 g/mol. The van der Waals surface area contributed by atoms with Gasteiger partial charge in [0, 0.05) is 5.41 Å². The first-order valence-electron chi connectivity index (χ1n) is 9.34. The van der Waals surface area contributed by atoms with E-state index in [-0.39, 0.29) is 0 Å². The van der Waals surface area contributed by atoms with Crippen LogP contribution in [0.1, 0.15) is 25.3 Å². The Morgan fingerprint density at radius 3 is 2.35 bits per heavy atom. The molecule has 1 aliphatic carbocycles. The number of halogens is 4. The number of carbonyl (C=O) groups excluding carboxylic acids is 1. The topological polar surface area (TPSA) is 73.1 Å². The number of allylic oxidation sites excluding steroid dienone is 2. The predicted octanol–water partition coefficient (Wildman–Crippen LogP) is 5.16. The lowest BCUT2D eigenvalue weighted by molar-refractivity contribution is -0.316. The first-order valence-corrected chi connectivity index (χ1v) is 9.72. The summed E-state index contributed by atoms with van der Waals surface area (Å²) in [5, 5.41) is 20.7. The summed E-state index contributed by atoms with van der Waals surface area (Å²) >= 11 is 5.38. The lowest BCUT2D eigenvalue weighted by Crippen LogP contribution is -2.40. The van der Waals surface area contributed by atoms with Crippen molar-refractivity contribution in [3.8, 4) is 17.6 Å². The minimum atomic E-state index is -4.82. The van der Waals surface area contributed by atoms with E-state index in [1.807, 2.05) is 12.1 Å². The Morgan fingerprint density at radius 1 is 1.19 bits per heavy atom. The average molecular weight is 449 g/mol. The van der Waals surface area contributed by atoms with E-state index in [0.29, 0.717) is 23.1 Å². The maximum absolute atomic E-state index is 13.0. The van der Waals surface area contributed by atoms with Crippen molar-refractivity contribution in [1.29, 1.82) is 5.26 Å². The number of para-hydroxylation sites is 1. The summed E-state index contributed by atoms with van der Waals surface area (Å²) in [6.07, 6.45) is -4.14. The van der Waals surface area contributed by atoms with Crippen LogP contribution in [-0.2, 0) is 4.79 Å². The molecular formula is C23H18ClF3NO3-. The van der Waals surface area contributed by atoms with Gasteiger partial charge in [-0.2, -0.15) is 18.4 Å². The Labute approximate surface area is 182 Å². The minimum absolute atomic E-state index is 0.298. The van der Waals surface area contributed by atoms with Crippen LogP contribution in [0.25, 0.3) is 0 Å². The van der Waals surface area contributed by atoms with Crippen LogP contribution in [0.2, 0.25) is 0 Å². The van der Waals surface area contributed by atoms with E-state index in [4.69, 9.17) is 16.3 Å². The van der Waals surface area contributed by atoms with Gasteiger partial charge < -0.3 is 14.6 Å². The van der Waals surface area contributed by atoms with Gasteiger partial charge in [0.1, 0.15) is 16.5 Å². The molecule has 2 aromatic rings. The second kappa shape index (κ2) is 7.93. The summed E-state index contributed by atoms with van der Waals surface area (Å²) in [6.45, 7) is 2.97. The number of hydrogen-bond acceptors (Lipinski definition) is 4. The Morgan fingerprint density at radius 2 is 1.81 bits per heavy atom. The molecule has 0 spiro atoms. The van der Waals surface area contributed by atoms with Gasteiger partial charge >= 0.3 is 6.18 Å². The molecule has 1 aliphatic rings. The molecule has 0 aromatic heterocycles. The van der Waals surface area contributed by atoms with Gasteiger partial charge in [-0.25, -0.2) is 0 Å². The molecule has 31 heavy (non-hydrogen) atoms. The molecule has 162 valence electrons. The van der Waals surface area contributed by atoms with Gasteiger partial charge in [-0.05, 0) is 41.2 Å². The number of nitriles is 1. The Bertz CT molecular complexity index is 1060. The second-order valence-corrected chi connectivity index (χ2v) is 8.33. The van der Waals surface area contributed by atoms with Gasteiger partial charge in [0.2, 0.25) is 0 Å². The molecule has 1 saturated carbocycles. The first-order chi connectivity index (χ1) is 14.5. The van der Waals surface area contributed by atoms with Crippen molar-refractivity contribution in [2.75, 3.05) is 0 Å². The lowest BCUT2D eigenvalue weighted by Gasteiger charge is -2.27. The van der Waals surface area contributed by atoms with Gasteiger partial charge in [-0.15, -0.1) is 0 Å². The normalized spacial score (nSPS) is 23.5. The number of hydrogen-bond donors (Lipinski definition) is 0. The number of carboxylic acids is 1. The minimum Gasteiger partial charge on any atom is -0.549 e. The van der Waals surface area contributed by atoms with Crippen molar-refractivity contribution < 1.29 is 27.8 Å². The molecule has 4 nitrogen and oxygen atoms in total. The van der Waals surface area contributed by atoms with Crippen molar-refractivity contribution in [1.82, 2.24) is 0 Å². The summed E-state index contributed by atoms with van der Waals surface area (Å²) in [7, 11) is 0. The van der Waals surface area contributed by atoms with E-state index < -0.39 is 39.8 Å². The van der Waals surface area contributed by atoms with Crippen LogP contribution in [0.15, 0.2) is 65.7 Å². The van der Waals surface area contributed by atoms with E-state index in [1.165, 1.54) is 26.0 Å². The maximum Gasteiger partial charge on any atom is 0.426 e. The molecule has 0 radical (unpaired) electrons. The number of aliphatic carboxylic acids is 1. The lowest BCUT2D eigenvalue weighted by atomic mass is 9.78. The van der Waals surface area contributed by atoms with Crippen LogP contribution >= 0.6 is 11.6 Å². The zero-order valence-corrected chi connectivity index (χ0v) is 17.4. The quantitative estimate of drug-likeness (QED) is 0.611. The maximum atomic E-state index is 13.0. The molecule has 1 fully saturated rings. The molecule has 0 N–H and O–H groups in total. The van der Waals surface area contributed by atoms with E-state index in [0.717, 1.165) is 0 Å². The van der Waals surface area contributed by atoms with E-state index in [2.05, 4.69) is 0 Å². The summed E-state index contributed by atoms with van der Waals surface area (Å²) in [5.74, 6) is -3.15. The molecule has 3 rings (SSSR count). The molecule has 0 aliphatic heterocycles. The van der Waals surface area contributed by atoms with Crippen LogP contribution < -0.4 is 9.84 Å². The number of carboxylic acid groups (broad SMARTS) is 1. The largest absolute Gasteiger partial charge is 0.549 e. The Balaban J connectivity index is 2.03. The van der Waals surface area contributed by atoms with Crippen molar-refractivity contribution in [3.05, 3.63) is 71.3 Å². The summed E-state index contributed by atoms with van der Waals surface area (Å²) in [6, 6.07) is 17.0. The number of rotatable bonds is 6. The average Bonchev–Trinajstić information content (AvgIpc) is 3.18. The molecule has 3 atom stereocenters. The Kier molecular flexibility index (Phi) is 5.81. The van der Waals surface area contributed by atoms with E-state index >= 15 is 0 Å². The third-order valence-corrected chi connectivity index (χ3v) is 6.27. The molecular weight excluding hydrogens is 431 g/mol. The fraction of sp³-hybridized carbons (Fsp3) is 0.304. The Hall–Kier alpha value is -2.98. The zero-order valence-electron chi connectivity index (χ0n) is 16.6. The fourth-order valence-corrected chi connectivity index (χ4v) is 4.43. The van der Waals surface area contributed by atoms with Crippen LogP contribution in [0.3, 0.4) is 0 Å². The highest BCUT2D eigenvalue weighted by Gasteiger charge is 2.75. The van der Waals surface area contributed by atoms with Gasteiger partial charge in [-0.1, -0.05) is 61.9 Å². The number of carbonyl (C=O) groups is 1. The zero-order chi connectivity index (χ0) is 23.0. The highest BCUT2D eigenvalue weighted by atomic mass is 35.5. The van der Waals surface area contributed by atoms with Gasteiger partial charge in [0.05, 0.1) is 18.0 Å². The van der Waals surface area contributed by atoms with Gasteiger partial charge in [-0.3, -0.25) is 0 Å². The molecule has 0 amide bonds. The van der Waals surface area contributed by atoms with E-state index in [1.54, 1.807) is 36.4 Å². The van der Waals surface area contributed by atoms with Crippen molar-refractivity contribution in [3.63, 3.8) is 0 Å². The number of ether oxygens (including phenoxy) is 1. The summed E-state index contributed by atoms with van der Waals surface area (Å²) in [5.41, 5.74) is -2.79. The highest BCUT2D eigenvalue weighted by Crippen LogP contribution is 2.75. The standard InChI is InChI=1S/C23H19ClF3NO3/c1-21(2)18(12-19(24)23(25,26)27)22(21,20(29)30)17(13-28)14-7-6-10-16(11-14)31-15-8-4-3-5-9-15/h3-12,17-18H,1-2H3,(H,29,30)/p-1/t17-,18-,22-/m1/s1. The molecule has 2 aromatic carbocycles. The smallest absolute Gasteiger partial charge is 0.426 e. The summed E-state index contributed by atoms with van der Waals surface area (Å²) < 4.78 is 44.6. The van der Waals surface area contributed by atoms with Crippen LogP contribution in [0.4, 0.5) is 13.2 Å². The molecule has 8 heteroatoms.